The number of aryl methyl sites for hydroxylation is 1. The fourth-order valence-electron chi connectivity index (χ4n) is 4.53. The average molecular weight is 605 g/mol. The molecule has 1 atom stereocenters. The van der Waals surface area contributed by atoms with E-state index in [0.29, 0.717) is 10.5 Å². The summed E-state index contributed by atoms with van der Waals surface area (Å²) in [4.78, 5) is 24.9. The van der Waals surface area contributed by atoms with Crippen molar-refractivity contribution >= 4 is 29.3 Å². The first kappa shape index (κ1) is 31.4. The third-order valence-corrected chi connectivity index (χ3v) is 6.96. The van der Waals surface area contributed by atoms with Gasteiger partial charge < -0.3 is 15.4 Å². The predicted octanol–water partition coefficient (Wildman–Crippen LogP) is 7.42. The van der Waals surface area contributed by atoms with Crippen molar-refractivity contribution < 1.29 is 53.8 Å². The lowest BCUT2D eigenvalue weighted by Crippen LogP contribution is -2.49. The highest BCUT2D eigenvalue weighted by Crippen LogP contribution is 2.51. The molecule has 0 spiro atoms. The van der Waals surface area contributed by atoms with Crippen LogP contribution in [0, 0.1) is 0 Å². The Hall–Kier alpha value is -3.16. The highest BCUT2D eigenvalue weighted by atomic mass is 35.5. The van der Waals surface area contributed by atoms with Crippen molar-refractivity contribution in [3.05, 3.63) is 63.7 Å². The standard InChI is InChI=1S/C25H22ClF9N2O3/c1-21(2,40-20(36)39)6-5-13-3-4-17(12-18(13)26)37-8-7-22(19(37)38,25(33,34)35)14-9-15(23(27,28)29)11-16(10-14)24(30,31)32/h3-4,9-12H,5-8H2,1-2H3,(H2,36,39). The van der Waals surface area contributed by atoms with E-state index in [4.69, 9.17) is 22.1 Å². The second kappa shape index (κ2) is 10.3. The van der Waals surface area contributed by atoms with E-state index < -0.39 is 71.2 Å². The summed E-state index contributed by atoms with van der Waals surface area (Å²) in [6.07, 6.45) is -18.0. The number of nitrogens with two attached hydrogens (primary N) is 1. The number of rotatable bonds is 6. The van der Waals surface area contributed by atoms with Gasteiger partial charge in [0.2, 0.25) is 5.91 Å². The molecule has 1 saturated heterocycles. The maximum absolute atomic E-state index is 14.5. The fraction of sp³-hybridized carbons (Fsp3) is 0.440. The topological polar surface area (TPSA) is 72.6 Å². The van der Waals surface area contributed by atoms with Gasteiger partial charge in [0.15, 0.2) is 5.41 Å². The maximum atomic E-state index is 14.5. The van der Waals surface area contributed by atoms with E-state index in [1.165, 1.54) is 12.1 Å². The SMILES string of the molecule is CC(C)(CCc1ccc(N2CCC(c3cc(C(F)(F)F)cc(C(F)(F)F)c3)(C(F)(F)F)C2=O)cc1Cl)OC(N)=O. The molecule has 2 amide bonds. The molecule has 1 aliphatic rings. The first-order valence-electron chi connectivity index (χ1n) is 11.5. The number of nitrogens with zero attached hydrogens (tertiary/aromatic N) is 1. The van der Waals surface area contributed by atoms with Gasteiger partial charge in [-0.05, 0) is 74.6 Å². The lowest BCUT2D eigenvalue weighted by molar-refractivity contribution is -0.191. The molecule has 1 fully saturated rings. The minimum absolute atomic E-state index is 0.0168. The van der Waals surface area contributed by atoms with Crippen LogP contribution < -0.4 is 10.6 Å². The van der Waals surface area contributed by atoms with Crippen LogP contribution in [0.25, 0.3) is 0 Å². The molecule has 1 heterocycles. The maximum Gasteiger partial charge on any atom is 0.416 e. The van der Waals surface area contributed by atoms with Gasteiger partial charge in [-0.2, -0.15) is 39.5 Å². The second-order valence-corrected chi connectivity index (χ2v) is 10.3. The number of halogens is 10. The highest BCUT2D eigenvalue weighted by molar-refractivity contribution is 6.31. The summed E-state index contributed by atoms with van der Waals surface area (Å²) in [6, 6.07) is 3.35. The Morgan fingerprint density at radius 2 is 1.52 bits per heavy atom. The Balaban J connectivity index is 2.02. The van der Waals surface area contributed by atoms with E-state index in [0.717, 1.165) is 6.07 Å². The van der Waals surface area contributed by atoms with Gasteiger partial charge in [-0.1, -0.05) is 17.7 Å². The molecule has 0 saturated carbocycles. The molecule has 5 nitrogen and oxygen atoms in total. The molecular weight excluding hydrogens is 583 g/mol. The van der Waals surface area contributed by atoms with E-state index >= 15 is 0 Å². The molecule has 220 valence electrons. The monoisotopic (exact) mass is 604 g/mol. The quantitative estimate of drug-likeness (QED) is 0.349. The smallest absolute Gasteiger partial charge is 0.416 e. The largest absolute Gasteiger partial charge is 0.444 e. The Labute approximate surface area is 227 Å². The number of ether oxygens (including phenoxy) is 1. The van der Waals surface area contributed by atoms with Crippen LogP contribution >= 0.6 is 11.6 Å². The van der Waals surface area contributed by atoms with Crippen molar-refractivity contribution in [1.29, 1.82) is 0 Å². The van der Waals surface area contributed by atoms with Crippen LogP contribution in [0.1, 0.15) is 48.9 Å². The van der Waals surface area contributed by atoms with Crippen molar-refractivity contribution in [2.45, 2.75) is 62.7 Å². The first-order chi connectivity index (χ1) is 18.1. The normalized spacial score (nSPS) is 18.8. The third kappa shape index (κ3) is 6.26. The molecule has 0 bridgehead atoms. The summed E-state index contributed by atoms with van der Waals surface area (Å²) in [5.74, 6) is -1.74. The molecule has 2 N–H and O–H groups in total. The number of benzene rings is 2. The molecule has 40 heavy (non-hydrogen) atoms. The summed E-state index contributed by atoms with van der Waals surface area (Å²) < 4.78 is 129. The summed E-state index contributed by atoms with van der Waals surface area (Å²) >= 11 is 6.27. The number of carbonyl (C=O) groups excluding carboxylic acids is 2. The van der Waals surface area contributed by atoms with E-state index in [9.17, 15) is 49.1 Å². The van der Waals surface area contributed by atoms with Crippen LogP contribution in [0.5, 0.6) is 0 Å². The molecule has 0 aliphatic carbocycles. The average Bonchev–Trinajstić information content (AvgIpc) is 3.14. The van der Waals surface area contributed by atoms with Crippen LogP contribution in [-0.2, 0) is 33.7 Å². The molecule has 2 aromatic carbocycles. The zero-order valence-electron chi connectivity index (χ0n) is 20.8. The number of anilines is 1. The van der Waals surface area contributed by atoms with E-state index in [1.807, 2.05) is 0 Å². The Morgan fingerprint density at radius 3 is 1.98 bits per heavy atom. The van der Waals surface area contributed by atoms with Crippen LogP contribution in [0.2, 0.25) is 5.02 Å². The molecular formula is C25H22ClF9N2O3. The zero-order chi connectivity index (χ0) is 30.5. The third-order valence-electron chi connectivity index (χ3n) is 6.61. The van der Waals surface area contributed by atoms with Crippen LogP contribution in [0.15, 0.2) is 36.4 Å². The minimum atomic E-state index is -5.54. The van der Waals surface area contributed by atoms with Crippen molar-refractivity contribution in [1.82, 2.24) is 0 Å². The number of alkyl halides is 9. The van der Waals surface area contributed by atoms with Gasteiger partial charge in [0.05, 0.1) is 11.1 Å². The Bertz CT molecular complexity index is 1270. The number of hydrogen-bond donors (Lipinski definition) is 1. The Morgan fingerprint density at radius 1 is 0.975 bits per heavy atom. The zero-order valence-corrected chi connectivity index (χ0v) is 21.6. The van der Waals surface area contributed by atoms with Crippen molar-refractivity contribution in [3.63, 3.8) is 0 Å². The summed E-state index contributed by atoms with van der Waals surface area (Å²) in [6.45, 7) is 2.50. The molecule has 15 heteroatoms. The van der Waals surface area contributed by atoms with Gasteiger partial charge in [0, 0.05) is 17.3 Å². The van der Waals surface area contributed by atoms with Gasteiger partial charge >= 0.3 is 24.6 Å². The molecule has 0 radical (unpaired) electrons. The summed E-state index contributed by atoms with van der Waals surface area (Å²) in [5, 5.41) is 0.0168. The van der Waals surface area contributed by atoms with Gasteiger partial charge in [-0.3, -0.25) is 4.79 Å². The number of amides is 2. The summed E-state index contributed by atoms with van der Waals surface area (Å²) in [7, 11) is 0. The number of carbonyl (C=O) groups is 2. The van der Waals surface area contributed by atoms with Gasteiger partial charge in [-0.15, -0.1) is 0 Å². The second-order valence-electron chi connectivity index (χ2n) is 9.86. The van der Waals surface area contributed by atoms with E-state index in [-0.39, 0.29) is 41.8 Å². The first-order valence-corrected chi connectivity index (χ1v) is 11.9. The number of primary amides is 1. The summed E-state index contributed by atoms with van der Waals surface area (Å²) in [5.41, 5.74) is -4.71. The fourth-order valence-corrected chi connectivity index (χ4v) is 4.80. The van der Waals surface area contributed by atoms with Crippen molar-refractivity contribution in [2.75, 3.05) is 11.4 Å². The lowest BCUT2D eigenvalue weighted by Gasteiger charge is -2.32. The molecule has 1 aliphatic heterocycles. The van der Waals surface area contributed by atoms with Crippen molar-refractivity contribution in [2.24, 2.45) is 5.73 Å². The highest BCUT2D eigenvalue weighted by Gasteiger charge is 2.66. The minimum Gasteiger partial charge on any atom is -0.444 e. The van der Waals surface area contributed by atoms with Crippen LogP contribution in [0.4, 0.5) is 50.0 Å². The molecule has 0 aromatic heterocycles. The molecule has 1 unspecified atom stereocenters. The molecule has 2 aromatic rings. The van der Waals surface area contributed by atoms with Gasteiger partial charge in [0.25, 0.3) is 0 Å². The van der Waals surface area contributed by atoms with Crippen molar-refractivity contribution in [3.8, 4) is 0 Å². The van der Waals surface area contributed by atoms with E-state index in [1.54, 1.807) is 13.8 Å². The van der Waals surface area contributed by atoms with Crippen LogP contribution in [-0.4, -0.2) is 30.3 Å². The molecule has 3 rings (SSSR count). The lowest BCUT2D eigenvalue weighted by atomic mass is 9.77. The van der Waals surface area contributed by atoms with Gasteiger partial charge in [-0.25, -0.2) is 4.79 Å². The van der Waals surface area contributed by atoms with Crippen LogP contribution in [0.3, 0.4) is 0 Å². The predicted molar refractivity (Wildman–Crippen MR) is 126 cm³/mol. The Kier molecular flexibility index (Phi) is 8.11. The van der Waals surface area contributed by atoms with E-state index in [2.05, 4.69) is 0 Å². The van der Waals surface area contributed by atoms with Gasteiger partial charge in [0.1, 0.15) is 5.60 Å². The number of hydrogen-bond acceptors (Lipinski definition) is 3.